The van der Waals surface area contributed by atoms with E-state index in [2.05, 4.69) is 53.0 Å². The number of anilines is 3. The van der Waals surface area contributed by atoms with E-state index in [9.17, 15) is 67.8 Å². The van der Waals surface area contributed by atoms with E-state index in [1.165, 1.54) is 13.4 Å². The van der Waals surface area contributed by atoms with Gasteiger partial charge in [0, 0.05) is 12.1 Å². The number of phosphoric ester groups is 3. The Morgan fingerprint density at radius 2 is 1.25 bits per heavy atom. The number of ether oxygens (including phenoxy) is 4. The molecule has 410 valence electrons. The van der Waals surface area contributed by atoms with Crippen LogP contribution in [0, 0.1) is 0 Å². The minimum absolute atomic E-state index is 0.0106. The number of aliphatic hydroxyl groups excluding tert-OH is 4. The van der Waals surface area contributed by atoms with E-state index >= 15 is 0 Å². The molecule has 3 saturated heterocycles. The number of nitrogen functional groups attached to an aromatic ring is 3. The molecule has 0 aliphatic carbocycles. The van der Waals surface area contributed by atoms with Crippen molar-refractivity contribution in [3.05, 3.63) is 39.7 Å². The molecule has 43 heteroatoms. The molecule has 75 heavy (non-hydrogen) atoms. The van der Waals surface area contributed by atoms with Gasteiger partial charge in [0.05, 0.1) is 39.5 Å². The number of H-pyrrole nitrogens is 2. The second-order valence-electron chi connectivity index (χ2n) is 16.5. The van der Waals surface area contributed by atoms with Gasteiger partial charge in [0.1, 0.15) is 66.8 Å². The molecule has 0 saturated carbocycles. The van der Waals surface area contributed by atoms with Crippen LogP contribution in [0.1, 0.15) is 12.5 Å². The first kappa shape index (κ1) is 54.8. The molecule has 7 unspecified atom stereocenters. The smallest absolute Gasteiger partial charge is 0.401 e. The summed E-state index contributed by atoms with van der Waals surface area (Å²) in [6.45, 7) is -3.72. The van der Waals surface area contributed by atoms with Crippen LogP contribution in [-0.2, 0) is 63.9 Å². The third-order valence-corrected chi connectivity index (χ3v) is 16.7. The highest BCUT2D eigenvalue weighted by molar-refractivity contribution is 7.65. The third kappa shape index (κ3) is 11.0. The largest absolute Gasteiger partial charge is 0.756 e. The number of quaternary nitrogens is 1. The van der Waals surface area contributed by atoms with Crippen LogP contribution in [0.25, 0.3) is 22.3 Å². The van der Waals surface area contributed by atoms with Gasteiger partial charge in [0.15, 0.2) is 35.1 Å². The number of nitrogens with two attached hydrogens (primary N) is 3. The van der Waals surface area contributed by atoms with Crippen LogP contribution in [0.15, 0.2) is 28.6 Å². The molecule has 39 nitrogen and oxygen atoms in total. The van der Waals surface area contributed by atoms with Crippen LogP contribution in [0.2, 0.25) is 0 Å². The van der Waals surface area contributed by atoms with E-state index in [1.54, 1.807) is 0 Å². The van der Waals surface area contributed by atoms with E-state index in [1.807, 2.05) is 0 Å². The molecule has 9 heterocycles. The lowest BCUT2D eigenvalue weighted by Gasteiger charge is -2.35. The molecule has 3 fully saturated rings. The van der Waals surface area contributed by atoms with Crippen molar-refractivity contribution in [3.63, 3.8) is 0 Å². The summed E-state index contributed by atoms with van der Waals surface area (Å²) in [6, 6.07) is 0. The van der Waals surface area contributed by atoms with Crippen molar-refractivity contribution in [2.75, 3.05) is 51.2 Å². The van der Waals surface area contributed by atoms with Crippen LogP contribution >= 0.6 is 31.3 Å². The van der Waals surface area contributed by atoms with Gasteiger partial charge < -0.3 is 94.2 Å². The fourth-order valence-corrected chi connectivity index (χ4v) is 12.7. The zero-order valence-corrected chi connectivity index (χ0v) is 41.4. The summed E-state index contributed by atoms with van der Waals surface area (Å²) in [6.07, 6.45) is -16.6. The first-order valence-electron chi connectivity index (χ1n) is 21.2. The van der Waals surface area contributed by atoms with Crippen molar-refractivity contribution >= 4 is 89.2 Å². The van der Waals surface area contributed by atoms with Gasteiger partial charge in [-0.2, -0.15) is 4.98 Å². The number of rotatable bonds is 19. The van der Waals surface area contributed by atoms with Gasteiger partial charge in [-0.3, -0.25) is 47.0 Å². The molecule has 4 aliphatic heterocycles. The SMILES string of the molecule is CO[C@@H]1[C@H](OP(=O)([O-])OCC2O[C@@H](n3cnc4c(=O)[nH]c(N)nc43)[C@H](O)[C@@H]2O)C(COP(=O)([O-])OP(=O)([O-])OP(=O)([O-])OC[C@H]2O[C@@H]([N+]3=C[NH+](C)c4c3nc(N)[nH]c4=O)[C@H](O)[C@@H]2O)O[C@H]1n1cnc2c(N)ncnc21. The molecule has 5 aromatic rings. The second kappa shape index (κ2) is 20.4. The summed E-state index contributed by atoms with van der Waals surface area (Å²) in [4.78, 5) is 105. The molecule has 4 aliphatic rings. The maximum Gasteiger partial charge on any atom is 0.401 e. The average molecular weight is 1140 g/mol. The van der Waals surface area contributed by atoms with Crippen molar-refractivity contribution in [1.82, 2.24) is 49.0 Å². The summed E-state index contributed by atoms with van der Waals surface area (Å²) in [5.74, 6) is -0.862. The van der Waals surface area contributed by atoms with Crippen molar-refractivity contribution < 1.29 is 113 Å². The lowest BCUT2D eigenvalue weighted by atomic mass is 10.1. The molecule has 0 bridgehead atoms. The second-order valence-corrected chi connectivity index (χ2v) is 22.4. The van der Waals surface area contributed by atoms with Gasteiger partial charge in [-0.1, -0.05) is 0 Å². The molecule has 0 aromatic carbocycles. The first-order chi connectivity index (χ1) is 35.2. The predicted molar refractivity (Wildman–Crippen MR) is 231 cm³/mol. The van der Waals surface area contributed by atoms with E-state index in [-0.39, 0.29) is 51.5 Å². The standard InChI is InChI=1S/C32H43N15O24P4/c1-44-9-47(25-15(44)27(53)43-32(35)41-25)29-19(51)17(49)11(67-29)4-64-73(56,57)70-75(60,61)71-74(58,59)65-5-12-20(21(62-2)30(68-12)45-7-38-13-22(33)36-6-37-23(13)45)69-72(54,55)63-3-10-16(48)18(50)28(66-10)46-8-39-14-24(46)40-31(34)42-26(14)52/h6-12,16-21,28-30,48-51H,3-5H2,1-2H3,(H11-,33,34,35,36,37,40,41,42,43,52,53,54,55,56,57,58,59,60,61)/p-2/t10?,11-,12?,16-,17-,18-,19-,20-,21-,28-,29-,30-/m1/s1. The molecule has 17 atom stereocenters. The van der Waals surface area contributed by atoms with Crippen molar-refractivity contribution in [2.24, 2.45) is 0 Å². The van der Waals surface area contributed by atoms with Gasteiger partial charge >= 0.3 is 17.3 Å². The molecular weight excluding hydrogens is 1100 g/mol. The zero-order valence-electron chi connectivity index (χ0n) is 37.9. The summed E-state index contributed by atoms with van der Waals surface area (Å²) < 4.78 is 105. The quantitative estimate of drug-likeness (QED) is 0.0271. The van der Waals surface area contributed by atoms with E-state index in [0.29, 0.717) is 4.90 Å². The third-order valence-electron chi connectivity index (χ3n) is 11.6. The maximum atomic E-state index is 13.5. The first-order valence-corrected chi connectivity index (χ1v) is 27.0. The fourth-order valence-electron chi connectivity index (χ4n) is 8.35. The molecule has 0 radical (unpaired) electrons. The van der Waals surface area contributed by atoms with Gasteiger partial charge in [-0.25, -0.2) is 33.5 Å². The highest BCUT2D eigenvalue weighted by Gasteiger charge is 2.53. The highest BCUT2D eigenvalue weighted by atomic mass is 31.3. The monoisotopic (exact) mass is 1140 g/mol. The molecular formula is C32H41N15O24P4-2. The van der Waals surface area contributed by atoms with Gasteiger partial charge in [-0.05, 0) is 0 Å². The van der Waals surface area contributed by atoms with E-state index in [0.717, 1.165) is 39.8 Å². The Bertz CT molecular complexity index is 3360. The predicted octanol–water partition coefficient (Wildman–Crippen LogP) is -8.36. The molecule has 13 N–H and O–H groups in total. The Kier molecular flexibility index (Phi) is 14.9. The van der Waals surface area contributed by atoms with Crippen LogP contribution in [0.5, 0.6) is 0 Å². The summed E-state index contributed by atoms with van der Waals surface area (Å²) in [5.41, 5.74) is 15.4. The summed E-state index contributed by atoms with van der Waals surface area (Å²) in [7, 11) is -22.3. The average Bonchev–Trinajstić information content (AvgIpc) is 4.17. The van der Waals surface area contributed by atoms with Crippen molar-refractivity contribution in [1.29, 1.82) is 0 Å². The Morgan fingerprint density at radius 1 is 0.693 bits per heavy atom. The highest BCUT2D eigenvalue weighted by Crippen LogP contribution is 2.63. The number of hydrogen-bond donors (Lipinski definition) is 10. The summed E-state index contributed by atoms with van der Waals surface area (Å²) >= 11 is 0. The van der Waals surface area contributed by atoms with Gasteiger partial charge in [0.2, 0.25) is 12.2 Å². The molecule has 5 aromatic heterocycles. The normalized spacial score (nSPS) is 32.0. The minimum atomic E-state index is -6.59. The number of aromatic nitrogens is 10. The Hall–Kier alpha value is -4.99. The number of nitrogens with one attached hydrogen (secondary N) is 3. The van der Waals surface area contributed by atoms with Crippen LogP contribution in [-0.4, -0.2) is 175 Å². The number of fused-ring (bicyclic) bond motifs is 3. The number of imidazole rings is 2. The number of methoxy groups -OCH3 is 1. The van der Waals surface area contributed by atoms with Crippen LogP contribution < -0.4 is 52.8 Å². The van der Waals surface area contributed by atoms with Crippen molar-refractivity contribution in [3.8, 4) is 0 Å². The molecule has 0 spiro atoms. The summed E-state index contributed by atoms with van der Waals surface area (Å²) in [5, 5.41) is 43.0. The van der Waals surface area contributed by atoms with Gasteiger partial charge in [-0.15, -0.1) is 4.58 Å². The zero-order chi connectivity index (χ0) is 54.3. The Balaban J connectivity index is 0.857. The Labute approximate surface area is 415 Å². The van der Waals surface area contributed by atoms with Gasteiger partial charge in [0.25, 0.3) is 48.9 Å². The number of hydrogen-bond acceptors (Lipinski definition) is 33. The Morgan fingerprint density at radius 3 is 1.92 bits per heavy atom. The van der Waals surface area contributed by atoms with Crippen LogP contribution in [0.4, 0.5) is 29.2 Å². The van der Waals surface area contributed by atoms with E-state index in [4.69, 9.17) is 49.7 Å². The topological polar surface area (TPSA) is 572 Å². The number of phosphoric acid groups is 4. The maximum absolute atomic E-state index is 13.5. The van der Waals surface area contributed by atoms with E-state index < -0.39 is 136 Å². The lowest BCUT2D eigenvalue weighted by Crippen LogP contribution is -3.03. The van der Waals surface area contributed by atoms with Crippen LogP contribution in [0.3, 0.4) is 0 Å². The number of nitrogens with zero attached hydrogens (tertiary/aromatic N) is 9. The lowest BCUT2D eigenvalue weighted by molar-refractivity contribution is -0.715. The molecule has 0 amide bonds. The number of aliphatic hydroxyl groups is 4. The fraction of sp³-hybridized carbons (Fsp3) is 0.531. The number of aromatic amines is 2. The molecule has 9 rings (SSSR count). The minimum Gasteiger partial charge on any atom is -0.756 e. The van der Waals surface area contributed by atoms with Crippen molar-refractivity contribution in [2.45, 2.75) is 73.6 Å².